The van der Waals surface area contributed by atoms with Crippen molar-refractivity contribution in [1.82, 2.24) is 4.90 Å². The van der Waals surface area contributed by atoms with Crippen LogP contribution in [0.1, 0.15) is 25.7 Å². The molecule has 1 aromatic carbocycles. The summed E-state index contributed by atoms with van der Waals surface area (Å²) in [6.07, 6.45) is 4.38. The molecule has 2 rings (SSSR count). The lowest BCUT2D eigenvalue weighted by Gasteiger charge is -2.26. The first-order chi connectivity index (χ1) is 9.29. The molecule has 4 heteroatoms. The smallest absolute Gasteiger partial charge is 0.225 e. The van der Waals surface area contributed by atoms with Gasteiger partial charge in [-0.25, -0.2) is 0 Å². The van der Waals surface area contributed by atoms with Gasteiger partial charge >= 0.3 is 0 Å². The molecule has 1 heterocycles. The number of methoxy groups -OCH3 is 1. The van der Waals surface area contributed by atoms with Gasteiger partial charge in [0.1, 0.15) is 5.75 Å². The first-order valence-electron chi connectivity index (χ1n) is 6.95. The van der Waals surface area contributed by atoms with E-state index in [1.807, 2.05) is 24.3 Å². The van der Waals surface area contributed by atoms with Gasteiger partial charge in [0, 0.05) is 13.0 Å². The van der Waals surface area contributed by atoms with Crippen LogP contribution in [-0.4, -0.2) is 37.6 Å². The van der Waals surface area contributed by atoms with Crippen LogP contribution in [0.15, 0.2) is 24.3 Å². The van der Waals surface area contributed by atoms with Crippen molar-refractivity contribution in [2.45, 2.75) is 25.7 Å². The predicted octanol–water partition coefficient (Wildman–Crippen LogP) is 2.51. The molecule has 1 amide bonds. The molecule has 1 aliphatic heterocycles. The largest absolute Gasteiger partial charge is 0.495 e. The van der Waals surface area contributed by atoms with Crippen LogP contribution in [0.5, 0.6) is 5.75 Å². The van der Waals surface area contributed by atoms with Gasteiger partial charge in [-0.1, -0.05) is 18.6 Å². The Morgan fingerprint density at radius 3 is 2.74 bits per heavy atom. The molecule has 0 aromatic heterocycles. The Bertz CT molecular complexity index is 414. The molecule has 1 N–H and O–H groups in total. The van der Waals surface area contributed by atoms with Gasteiger partial charge in [0.2, 0.25) is 5.91 Å². The number of hydrogen-bond donors (Lipinski definition) is 1. The van der Waals surface area contributed by atoms with Gasteiger partial charge in [0.05, 0.1) is 12.8 Å². The Hall–Kier alpha value is -1.55. The lowest BCUT2D eigenvalue weighted by atomic mass is 10.1. The van der Waals surface area contributed by atoms with Crippen LogP contribution in [0.4, 0.5) is 5.69 Å². The Morgan fingerprint density at radius 1 is 1.26 bits per heavy atom. The monoisotopic (exact) mass is 262 g/mol. The molecule has 1 fully saturated rings. The quantitative estimate of drug-likeness (QED) is 0.886. The minimum Gasteiger partial charge on any atom is -0.495 e. The number of nitrogens with zero attached hydrogens (tertiary/aromatic N) is 1. The van der Waals surface area contributed by atoms with Crippen LogP contribution in [0, 0.1) is 0 Å². The number of likely N-dealkylation sites (tertiary alicyclic amines) is 1. The lowest BCUT2D eigenvalue weighted by molar-refractivity contribution is -0.116. The summed E-state index contributed by atoms with van der Waals surface area (Å²) in [7, 11) is 1.61. The highest BCUT2D eigenvalue weighted by atomic mass is 16.5. The van der Waals surface area contributed by atoms with Crippen molar-refractivity contribution in [1.29, 1.82) is 0 Å². The molecule has 0 spiro atoms. The summed E-state index contributed by atoms with van der Waals surface area (Å²) >= 11 is 0. The second-order valence-electron chi connectivity index (χ2n) is 4.90. The molecule has 1 saturated heterocycles. The van der Waals surface area contributed by atoms with Gasteiger partial charge in [-0.2, -0.15) is 0 Å². The predicted molar refractivity (Wildman–Crippen MR) is 76.5 cm³/mol. The number of nitrogens with one attached hydrogen (secondary N) is 1. The SMILES string of the molecule is COc1ccccc1NC(=O)CCN1CCCCC1. The number of anilines is 1. The first-order valence-corrected chi connectivity index (χ1v) is 6.95. The average molecular weight is 262 g/mol. The number of benzene rings is 1. The maximum absolute atomic E-state index is 11.9. The summed E-state index contributed by atoms with van der Waals surface area (Å²) in [6, 6.07) is 7.49. The molecule has 0 radical (unpaired) electrons. The number of amides is 1. The standard InChI is InChI=1S/C15H22N2O2/c1-19-14-8-4-3-7-13(14)16-15(18)9-12-17-10-5-2-6-11-17/h3-4,7-8H,2,5-6,9-12H2,1H3,(H,16,18). The van der Waals surface area contributed by atoms with E-state index < -0.39 is 0 Å². The van der Waals surface area contributed by atoms with Crippen molar-refractivity contribution in [3.8, 4) is 5.75 Å². The van der Waals surface area contributed by atoms with Crippen molar-refractivity contribution in [3.05, 3.63) is 24.3 Å². The van der Waals surface area contributed by atoms with E-state index in [0.717, 1.165) is 25.3 Å². The number of piperidine rings is 1. The first kappa shape index (κ1) is 13.9. The van der Waals surface area contributed by atoms with E-state index in [-0.39, 0.29) is 5.91 Å². The minimum absolute atomic E-state index is 0.0510. The van der Waals surface area contributed by atoms with E-state index in [2.05, 4.69) is 10.2 Å². The number of para-hydroxylation sites is 2. The number of ether oxygens (including phenoxy) is 1. The van der Waals surface area contributed by atoms with Crippen molar-refractivity contribution in [3.63, 3.8) is 0 Å². The Labute approximate surface area is 114 Å². The molecular weight excluding hydrogens is 240 g/mol. The van der Waals surface area contributed by atoms with E-state index in [1.54, 1.807) is 7.11 Å². The van der Waals surface area contributed by atoms with Gasteiger partial charge in [0.15, 0.2) is 0 Å². The third-order valence-electron chi connectivity index (χ3n) is 3.48. The van der Waals surface area contributed by atoms with Gasteiger partial charge < -0.3 is 15.0 Å². The van der Waals surface area contributed by atoms with Crippen LogP contribution in [0.2, 0.25) is 0 Å². The third kappa shape index (κ3) is 4.24. The summed E-state index contributed by atoms with van der Waals surface area (Å²) in [5.74, 6) is 0.754. The second kappa shape index (κ2) is 7.14. The van der Waals surface area contributed by atoms with Gasteiger partial charge in [-0.3, -0.25) is 4.79 Å². The lowest BCUT2D eigenvalue weighted by Crippen LogP contribution is -2.32. The Balaban J connectivity index is 1.80. The molecule has 104 valence electrons. The van der Waals surface area contributed by atoms with Crippen LogP contribution < -0.4 is 10.1 Å². The summed E-state index contributed by atoms with van der Waals surface area (Å²) in [6.45, 7) is 3.10. The van der Waals surface area contributed by atoms with Crippen molar-refractivity contribution >= 4 is 11.6 Å². The highest BCUT2D eigenvalue weighted by Crippen LogP contribution is 2.23. The van der Waals surface area contributed by atoms with Crippen LogP contribution in [-0.2, 0) is 4.79 Å². The average Bonchev–Trinajstić information content (AvgIpc) is 2.47. The van der Waals surface area contributed by atoms with Crippen molar-refractivity contribution in [2.75, 3.05) is 32.1 Å². The van der Waals surface area contributed by atoms with Gasteiger partial charge in [-0.15, -0.1) is 0 Å². The zero-order chi connectivity index (χ0) is 13.5. The van der Waals surface area contributed by atoms with Crippen LogP contribution >= 0.6 is 0 Å². The van der Waals surface area contributed by atoms with Crippen LogP contribution in [0.25, 0.3) is 0 Å². The second-order valence-corrected chi connectivity index (χ2v) is 4.90. The number of carbonyl (C=O) groups is 1. The molecule has 1 aromatic rings. The fraction of sp³-hybridized carbons (Fsp3) is 0.533. The Morgan fingerprint density at radius 2 is 2.00 bits per heavy atom. The van der Waals surface area contributed by atoms with E-state index in [9.17, 15) is 4.79 Å². The maximum atomic E-state index is 11.9. The van der Waals surface area contributed by atoms with E-state index in [0.29, 0.717) is 12.2 Å². The minimum atomic E-state index is 0.0510. The Kier molecular flexibility index (Phi) is 5.21. The zero-order valence-electron chi connectivity index (χ0n) is 11.5. The molecule has 4 nitrogen and oxygen atoms in total. The highest BCUT2D eigenvalue weighted by Gasteiger charge is 2.12. The number of hydrogen-bond acceptors (Lipinski definition) is 3. The molecule has 0 bridgehead atoms. The van der Waals surface area contributed by atoms with Crippen molar-refractivity contribution < 1.29 is 9.53 Å². The fourth-order valence-electron chi connectivity index (χ4n) is 2.40. The summed E-state index contributed by atoms with van der Waals surface area (Å²) in [4.78, 5) is 14.3. The topological polar surface area (TPSA) is 41.6 Å². The summed E-state index contributed by atoms with van der Waals surface area (Å²) < 4.78 is 5.22. The highest BCUT2D eigenvalue weighted by molar-refractivity contribution is 5.92. The normalized spacial score (nSPS) is 16.1. The van der Waals surface area contributed by atoms with Crippen LogP contribution in [0.3, 0.4) is 0 Å². The zero-order valence-corrected chi connectivity index (χ0v) is 11.5. The molecule has 0 aliphatic carbocycles. The van der Waals surface area contributed by atoms with Gasteiger partial charge in [0.25, 0.3) is 0 Å². The molecular formula is C15H22N2O2. The maximum Gasteiger partial charge on any atom is 0.225 e. The molecule has 0 saturated carbocycles. The molecule has 0 unspecified atom stereocenters. The molecule has 0 atom stereocenters. The van der Waals surface area contributed by atoms with E-state index in [4.69, 9.17) is 4.74 Å². The van der Waals surface area contributed by atoms with E-state index in [1.165, 1.54) is 19.3 Å². The summed E-state index contributed by atoms with van der Waals surface area (Å²) in [5, 5.41) is 2.91. The number of carbonyl (C=O) groups excluding carboxylic acids is 1. The van der Waals surface area contributed by atoms with E-state index >= 15 is 0 Å². The van der Waals surface area contributed by atoms with Crippen molar-refractivity contribution in [2.24, 2.45) is 0 Å². The fourth-order valence-corrected chi connectivity index (χ4v) is 2.40. The number of rotatable bonds is 5. The molecule has 19 heavy (non-hydrogen) atoms. The molecule has 1 aliphatic rings. The summed E-state index contributed by atoms with van der Waals surface area (Å²) in [5.41, 5.74) is 0.744. The third-order valence-corrected chi connectivity index (χ3v) is 3.48. The van der Waals surface area contributed by atoms with Gasteiger partial charge in [-0.05, 0) is 38.1 Å².